The Morgan fingerprint density at radius 2 is 1.16 bits per heavy atom. The Labute approximate surface area is 260 Å². The summed E-state index contributed by atoms with van der Waals surface area (Å²) < 4.78 is 13.4. The molecule has 1 aliphatic carbocycles. The van der Waals surface area contributed by atoms with E-state index in [1.54, 1.807) is 0 Å². The molecule has 2 aliphatic rings. The molecule has 2 heterocycles. The number of nitrogens with zero attached hydrogens (tertiary/aromatic N) is 3. The van der Waals surface area contributed by atoms with Crippen LogP contribution in [0.5, 0.6) is 23.0 Å². The number of aromatic nitrogens is 3. The molecule has 1 aliphatic heterocycles. The summed E-state index contributed by atoms with van der Waals surface area (Å²) in [7, 11) is 0. The Kier molecular flexibility index (Phi) is 5.47. The third kappa shape index (κ3) is 3.97. The number of benzene rings is 6. The molecule has 0 atom stereocenters. The van der Waals surface area contributed by atoms with E-state index < -0.39 is 0 Å². The minimum Gasteiger partial charge on any atom is -0.449 e. The van der Waals surface area contributed by atoms with Crippen molar-refractivity contribution in [2.45, 2.75) is 19.3 Å². The van der Waals surface area contributed by atoms with Crippen LogP contribution in [0.3, 0.4) is 0 Å². The van der Waals surface area contributed by atoms with Crippen LogP contribution >= 0.6 is 0 Å². The number of hydrogen-bond acceptors (Lipinski definition) is 5. The second-order valence-corrected chi connectivity index (χ2v) is 12.1. The quantitative estimate of drug-likeness (QED) is 0.208. The molecule has 5 heteroatoms. The molecule has 9 rings (SSSR count). The van der Waals surface area contributed by atoms with E-state index in [1.807, 2.05) is 66.7 Å². The van der Waals surface area contributed by atoms with Gasteiger partial charge in [-0.1, -0.05) is 117 Å². The highest BCUT2D eigenvalue weighted by Gasteiger charge is 2.40. The van der Waals surface area contributed by atoms with E-state index >= 15 is 0 Å². The molecule has 5 nitrogen and oxygen atoms in total. The predicted octanol–water partition coefficient (Wildman–Crippen LogP) is 10.2. The van der Waals surface area contributed by atoms with Gasteiger partial charge in [0, 0.05) is 22.1 Å². The third-order valence-corrected chi connectivity index (χ3v) is 8.98. The van der Waals surface area contributed by atoms with Crippen LogP contribution in [0.2, 0.25) is 0 Å². The van der Waals surface area contributed by atoms with Crippen molar-refractivity contribution in [3.8, 4) is 68.3 Å². The Morgan fingerprint density at radius 1 is 0.467 bits per heavy atom. The summed E-state index contributed by atoms with van der Waals surface area (Å²) in [4.78, 5) is 15.0. The minimum absolute atomic E-state index is 0.155. The predicted molar refractivity (Wildman–Crippen MR) is 178 cm³/mol. The zero-order valence-corrected chi connectivity index (χ0v) is 24.8. The molecule has 0 saturated heterocycles. The SMILES string of the molecule is CC1(C)c2ccccc2-c2c1ccc1c2Oc2c(cccc2-c2nc(-c3ccccc3)nc(-c3ccc4ccccc4c3)n2)O1. The van der Waals surface area contributed by atoms with Crippen molar-refractivity contribution in [1.29, 1.82) is 0 Å². The second kappa shape index (κ2) is 9.60. The van der Waals surface area contributed by atoms with E-state index in [9.17, 15) is 0 Å². The first-order chi connectivity index (χ1) is 22.0. The number of ether oxygens (including phenoxy) is 2. The lowest BCUT2D eigenvalue weighted by atomic mass is 9.82. The van der Waals surface area contributed by atoms with Crippen molar-refractivity contribution in [2.75, 3.05) is 0 Å². The van der Waals surface area contributed by atoms with Gasteiger partial charge in [-0.3, -0.25) is 0 Å². The zero-order chi connectivity index (χ0) is 30.1. The molecule has 0 radical (unpaired) electrons. The topological polar surface area (TPSA) is 57.1 Å². The summed E-state index contributed by atoms with van der Waals surface area (Å²) in [5.41, 5.74) is 7.15. The molecule has 214 valence electrons. The van der Waals surface area contributed by atoms with Crippen LogP contribution in [-0.2, 0) is 5.41 Å². The molecule has 0 spiro atoms. The van der Waals surface area contributed by atoms with E-state index in [4.69, 9.17) is 24.4 Å². The summed E-state index contributed by atoms with van der Waals surface area (Å²) in [6, 6.07) is 43.2. The van der Waals surface area contributed by atoms with E-state index in [0.717, 1.165) is 38.8 Å². The van der Waals surface area contributed by atoms with Crippen LogP contribution in [-0.4, -0.2) is 15.0 Å². The molecule has 1 aromatic heterocycles. The summed E-state index contributed by atoms with van der Waals surface area (Å²) >= 11 is 0. The highest BCUT2D eigenvalue weighted by molar-refractivity contribution is 5.89. The van der Waals surface area contributed by atoms with Gasteiger partial charge in [0.05, 0.1) is 5.56 Å². The maximum Gasteiger partial charge on any atom is 0.181 e. The normalized spacial score (nSPS) is 13.6. The van der Waals surface area contributed by atoms with Gasteiger partial charge in [0.2, 0.25) is 0 Å². The fourth-order valence-corrected chi connectivity index (χ4v) is 6.69. The van der Waals surface area contributed by atoms with Crippen LogP contribution in [0.15, 0.2) is 127 Å². The lowest BCUT2D eigenvalue weighted by Gasteiger charge is -2.26. The molecule has 0 bridgehead atoms. The zero-order valence-electron chi connectivity index (χ0n) is 24.8. The Morgan fingerprint density at radius 3 is 2.02 bits per heavy atom. The van der Waals surface area contributed by atoms with Crippen molar-refractivity contribution in [2.24, 2.45) is 0 Å². The number of para-hydroxylation sites is 1. The first kappa shape index (κ1) is 25.7. The largest absolute Gasteiger partial charge is 0.449 e. The van der Waals surface area contributed by atoms with Gasteiger partial charge in [0.1, 0.15) is 0 Å². The molecule has 0 unspecified atom stereocenters. The summed E-state index contributed by atoms with van der Waals surface area (Å²) in [6.07, 6.45) is 0. The maximum atomic E-state index is 6.88. The highest BCUT2D eigenvalue weighted by Crippen LogP contribution is 2.59. The van der Waals surface area contributed by atoms with E-state index in [-0.39, 0.29) is 5.41 Å². The Bertz CT molecular complexity index is 2310. The molecule has 0 fully saturated rings. The molecule has 0 amide bonds. The fraction of sp³-hybridized carbons (Fsp3) is 0.0750. The lowest BCUT2D eigenvalue weighted by Crippen LogP contribution is -2.15. The smallest absolute Gasteiger partial charge is 0.181 e. The highest BCUT2D eigenvalue weighted by atomic mass is 16.6. The number of fused-ring (bicyclic) bond motifs is 7. The third-order valence-electron chi connectivity index (χ3n) is 8.98. The Balaban J connectivity index is 1.23. The molecule has 45 heavy (non-hydrogen) atoms. The van der Waals surface area contributed by atoms with Crippen molar-refractivity contribution in [1.82, 2.24) is 15.0 Å². The average Bonchev–Trinajstić information content (AvgIpc) is 3.33. The van der Waals surface area contributed by atoms with Gasteiger partial charge in [-0.25, -0.2) is 15.0 Å². The van der Waals surface area contributed by atoms with Crippen LogP contribution in [0, 0.1) is 0 Å². The van der Waals surface area contributed by atoms with Crippen molar-refractivity contribution < 1.29 is 9.47 Å². The van der Waals surface area contributed by atoms with Gasteiger partial charge >= 0.3 is 0 Å². The van der Waals surface area contributed by atoms with Crippen molar-refractivity contribution in [3.05, 3.63) is 139 Å². The molecular weight excluding hydrogens is 554 g/mol. The van der Waals surface area contributed by atoms with Crippen molar-refractivity contribution >= 4 is 10.8 Å². The van der Waals surface area contributed by atoms with Gasteiger partial charge in [0.15, 0.2) is 40.5 Å². The van der Waals surface area contributed by atoms with E-state index in [2.05, 4.69) is 74.5 Å². The van der Waals surface area contributed by atoms with Gasteiger partial charge in [-0.05, 0) is 51.7 Å². The first-order valence-corrected chi connectivity index (χ1v) is 15.1. The van der Waals surface area contributed by atoms with Gasteiger partial charge in [-0.2, -0.15) is 0 Å². The lowest BCUT2D eigenvalue weighted by molar-refractivity contribution is 0.361. The second-order valence-electron chi connectivity index (χ2n) is 12.1. The number of rotatable bonds is 3. The number of hydrogen-bond donors (Lipinski definition) is 0. The van der Waals surface area contributed by atoms with Gasteiger partial charge in [0.25, 0.3) is 0 Å². The van der Waals surface area contributed by atoms with Crippen LogP contribution in [0.25, 0.3) is 56.1 Å². The minimum atomic E-state index is -0.155. The Hall–Kier alpha value is -5.81. The maximum absolute atomic E-state index is 6.88. The standard InChI is InChI=1S/C40H27N3O2/c1-40(2)30-17-9-8-15-28(30)34-31(40)21-22-33-36(34)45-35-29(16-10-18-32(35)44-33)39-42-37(25-12-4-3-5-13-25)41-38(43-39)27-20-19-24-11-6-7-14-26(24)23-27/h3-23H,1-2H3. The van der Waals surface area contributed by atoms with Crippen molar-refractivity contribution in [3.63, 3.8) is 0 Å². The average molecular weight is 582 g/mol. The fourth-order valence-electron chi connectivity index (χ4n) is 6.69. The summed E-state index contributed by atoms with van der Waals surface area (Å²) in [6.45, 7) is 4.52. The van der Waals surface area contributed by atoms with Gasteiger partial charge in [-0.15, -0.1) is 0 Å². The van der Waals surface area contributed by atoms with E-state index in [0.29, 0.717) is 34.7 Å². The van der Waals surface area contributed by atoms with Crippen LogP contribution in [0.4, 0.5) is 0 Å². The van der Waals surface area contributed by atoms with Crippen LogP contribution < -0.4 is 9.47 Å². The molecule has 0 N–H and O–H groups in total. The van der Waals surface area contributed by atoms with Crippen LogP contribution in [0.1, 0.15) is 25.0 Å². The molecule has 7 aromatic rings. The molecule has 6 aromatic carbocycles. The molecular formula is C40H27N3O2. The van der Waals surface area contributed by atoms with E-state index in [1.165, 1.54) is 16.7 Å². The monoisotopic (exact) mass is 581 g/mol. The summed E-state index contributed by atoms with van der Waals surface area (Å²) in [5, 5.41) is 2.29. The van der Waals surface area contributed by atoms with Gasteiger partial charge < -0.3 is 9.47 Å². The first-order valence-electron chi connectivity index (χ1n) is 15.1. The summed E-state index contributed by atoms with van der Waals surface area (Å²) in [5.74, 6) is 4.34. The molecule has 0 saturated carbocycles.